The number of hydrogen-bond donors (Lipinski definition) is 0. The van der Waals surface area contributed by atoms with Crippen LogP contribution in [0.3, 0.4) is 0 Å². The van der Waals surface area contributed by atoms with E-state index in [0.717, 1.165) is 6.42 Å². The van der Waals surface area contributed by atoms with Crippen molar-refractivity contribution >= 4 is 6.21 Å². The van der Waals surface area contributed by atoms with Crippen LogP contribution in [0.1, 0.15) is 34.1 Å². The van der Waals surface area contributed by atoms with Gasteiger partial charge in [-0.1, -0.05) is 20.8 Å². The molecule has 0 atom stereocenters. The van der Waals surface area contributed by atoms with Crippen LogP contribution in [0.4, 0.5) is 0 Å². The number of rotatable bonds is 3. The number of allylic oxidation sites excluding steroid dienone is 1. The molecule has 0 aromatic heterocycles. The van der Waals surface area contributed by atoms with Crippen LogP contribution in [0.25, 0.3) is 0 Å². The van der Waals surface area contributed by atoms with Crippen molar-refractivity contribution < 1.29 is 0 Å². The lowest BCUT2D eigenvalue weighted by Gasteiger charge is -2.05. The van der Waals surface area contributed by atoms with Crippen molar-refractivity contribution in [3.8, 4) is 0 Å². The molecule has 0 heterocycles. The van der Waals surface area contributed by atoms with Gasteiger partial charge in [-0.05, 0) is 24.8 Å². The molecule has 0 N–H and O–H groups in total. The summed E-state index contributed by atoms with van der Waals surface area (Å²) >= 11 is 0. The van der Waals surface area contributed by atoms with Gasteiger partial charge in [0.1, 0.15) is 0 Å². The molecule has 0 aliphatic heterocycles. The van der Waals surface area contributed by atoms with Crippen LogP contribution in [0.2, 0.25) is 0 Å². The fourth-order valence-corrected chi connectivity index (χ4v) is 0.819. The molecule has 0 unspecified atom stereocenters. The van der Waals surface area contributed by atoms with Crippen molar-refractivity contribution in [2.75, 3.05) is 0 Å². The first kappa shape index (κ1) is 9.41. The van der Waals surface area contributed by atoms with E-state index in [0.29, 0.717) is 5.92 Å². The molecule has 0 aliphatic rings. The third-order valence-electron chi connectivity index (χ3n) is 1.54. The lowest BCUT2D eigenvalue weighted by Crippen LogP contribution is -1.90. The molecule has 0 amide bonds. The highest BCUT2D eigenvalue weighted by Crippen LogP contribution is 2.12. The Morgan fingerprint density at radius 1 is 1.50 bits per heavy atom. The van der Waals surface area contributed by atoms with E-state index < -0.39 is 0 Å². The van der Waals surface area contributed by atoms with Gasteiger partial charge in [0.2, 0.25) is 0 Å². The second-order valence-electron chi connectivity index (χ2n) is 2.62. The molecule has 58 valence electrons. The third kappa shape index (κ3) is 3.44. The minimum absolute atomic E-state index is 0.633. The Bertz CT molecular complexity index is 132. The summed E-state index contributed by atoms with van der Waals surface area (Å²) in [6, 6.07) is 0. The van der Waals surface area contributed by atoms with Crippen molar-refractivity contribution in [3.63, 3.8) is 0 Å². The summed E-state index contributed by atoms with van der Waals surface area (Å²) in [5.74, 6) is 0.633. The Hall–Kier alpha value is -0.590. The zero-order valence-corrected chi connectivity index (χ0v) is 7.39. The van der Waals surface area contributed by atoms with Crippen molar-refractivity contribution in [1.29, 1.82) is 0 Å². The van der Waals surface area contributed by atoms with E-state index in [4.69, 9.17) is 0 Å². The Morgan fingerprint density at radius 3 is 2.40 bits per heavy atom. The van der Waals surface area contributed by atoms with Gasteiger partial charge in [0, 0.05) is 12.4 Å². The maximum atomic E-state index is 4.08. The van der Waals surface area contributed by atoms with E-state index in [1.807, 2.05) is 19.3 Å². The van der Waals surface area contributed by atoms with E-state index >= 15 is 0 Å². The molecule has 0 saturated carbocycles. The van der Waals surface area contributed by atoms with E-state index in [1.54, 1.807) is 0 Å². The lowest BCUT2D eigenvalue weighted by atomic mass is 10.0. The first-order chi connectivity index (χ1) is 4.72. The predicted octanol–water partition coefficient (Wildman–Crippen LogP) is 3.03. The molecule has 10 heavy (non-hydrogen) atoms. The van der Waals surface area contributed by atoms with Gasteiger partial charge in [-0.25, -0.2) is 0 Å². The Labute approximate surface area is 63.9 Å². The van der Waals surface area contributed by atoms with Crippen LogP contribution in [0, 0.1) is 5.92 Å². The highest BCUT2D eigenvalue weighted by molar-refractivity contribution is 5.54. The summed E-state index contributed by atoms with van der Waals surface area (Å²) in [6.45, 7) is 8.49. The van der Waals surface area contributed by atoms with Gasteiger partial charge in [0.05, 0.1) is 0 Å². The first-order valence-electron chi connectivity index (χ1n) is 3.89. The summed E-state index contributed by atoms with van der Waals surface area (Å²) in [4.78, 5) is 4.08. The minimum atomic E-state index is 0.633. The molecule has 0 bridgehead atoms. The smallest absolute Gasteiger partial charge is 0.0258 e. The Morgan fingerprint density at radius 2 is 2.10 bits per heavy atom. The molecule has 0 aromatic carbocycles. The van der Waals surface area contributed by atoms with Crippen molar-refractivity contribution in [3.05, 3.63) is 11.8 Å². The van der Waals surface area contributed by atoms with Gasteiger partial charge >= 0.3 is 0 Å². The van der Waals surface area contributed by atoms with Gasteiger partial charge in [-0.15, -0.1) is 0 Å². The standard InChI is InChI=1S/C9H17N/c1-5-9(8(3)4)7-10-6-2/h6-8H,5H2,1-4H3/b9-7+,10-6?. The van der Waals surface area contributed by atoms with Gasteiger partial charge in [0.15, 0.2) is 0 Å². The first-order valence-corrected chi connectivity index (χ1v) is 3.89. The van der Waals surface area contributed by atoms with E-state index in [1.165, 1.54) is 5.57 Å². The normalized spacial score (nSPS) is 13.5. The number of hydrogen-bond acceptors (Lipinski definition) is 1. The molecule has 0 spiro atoms. The summed E-state index contributed by atoms with van der Waals surface area (Å²) in [7, 11) is 0. The third-order valence-corrected chi connectivity index (χ3v) is 1.54. The molecular weight excluding hydrogens is 122 g/mol. The lowest BCUT2D eigenvalue weighted by molar-refractivity contribution is 0.729. The summed E-state index contributed by atoms with van der Waals surface area (Å²) in [6.07, 6.45) is 4.89. The SMILES string of the molecule is CC=N/C=C(\CC)C(C)C. The van der Waals surface area contributed by atoms with Crippen LogP contribution >= 0.6 is 0 Å². The monoisotopic (exact) mass is 139 g/mol. The zero-order chi connectivity index (χ0) is 7.98. The zero-order valence-electron chi connectivity index (χ0n) is 7.39. The second kappa shape index (κ2) is 5.21. The van der Waals surface area contributed by atoms with E-state index in [2.05, 4.69) is 25.8 Å². The quantitative estimate of drug-likeness (QED) is 0.533. The second-order valence-corrected chi connectivity index (χ2v) is 2.62. The highest BCUT2D eigenvalue weighted by Gasteiger charge is 1.97. The van der Waals surface area contributed by atoms with Gasteiger partial charge in [-0.2, -0.15) is 0 Å². The maximum absolute atomic E-state index is 4.08. The van der Waals surface area contributed by atoms with Gasteiger partial charge < -0.3 is 0 Å². The highest BCUT2D eigenvalue weighted by atomic mass is 14.7. The van der Waals surface area contributed by atoms with Crippen LogP contribution in [-0.4, -0.2) is 6.21 Å². The molecule has 0 radical (unpaired) electrons. The largest absolute Gasteiger partial charge is 0.269 e. The average Bonchev–Trinajstić information content (AvgIpc) is 1.89. The molecule has 0 aromatic rings. The predicted molar refractivity (Wildman–Crippen MR) is 47.4 cm³/mol. The fourth-order valence-electron chi connectivity index (χ4n) is 0.819. The van der Waals surface area contributed by atoms with Crippen molar-refractivity contribution in [1.82, 2.24) is 0 Å². The molecule has 0 aliphatic carbocycles. The summed E-state index contributed by atoms with van der Waals surface area (Å²) < 4.78 is 0. The molecular formula is C9H17N. The molecule has 0 rings (SSSR count). The van der Waals surface area contributed by atoms with Crippen LogP contribution < -0.4 is 0 Å². The maximum Gasteiger partial charge on any atom is 0.0258 e. The molecule has 0 saturated heterocycles. The summed E-state index contributed by atoms with van der Waals surface area (Å²) in [5, 5.41) is 0. The molecule has 1 heteroatoms. The Kier molecular flexibility index (Phi) is 4.91. The van der Waals surface area contributed by atoms with Crippen molar-refractivity contribution in [2.24, 2.45) is 10.9 Å². The topological polar surface area (TPSA) is 12.4 Å². The van der Waals surface area contributed by atoms with Crippen LogP contribution in [-0.2, 0) is 0 Å². The molecule has 0 fully saturated rings. The number of aliphatic imine (C=N–C) groups is 1. The Balaban J connectivity index is 4.04. The van der Waals surface area contributed by atoms with Crippen molar-refractivity contribution in [2.45, 2.75) is 34.1 Å². The van der Waals surface area contributed by atoms with Crippen LogP contribution in [0.5, 0.6) is 0 Å². The van der Waals surface area contributed by atoms with Gasteiger partial charge in [0.25, 0.3) is 0 Å². The summed E-state index contributed by atoms with van der Waals surface area (Å²) in [5.41, 5.74) is 1.41. The van der Waals surface area contributed by atoms with E-state index in [-0.39, 0.29) is 0 Å². The van der Waals surface area contributed by atoms with Gasteiger partial charge in [-0.3, -0.25) is 4.99 Å². The van der Waals surface area contributed by atoms with Crippen LogP contribution in [0.15, 0.2) is 16.8 Å². The minimum Gasteiger partial charge on any atom is -0.269 e. The number of nitrogens with zero attached hydrogens (tertiary/aromatic N) is 1. The average molecular weight is 139 g/mol. The molecule has 1 nitrogen and oxygen atoms in total. The van der Waals surface area contributed by atoms with E-state index in [9.17, 15) is 0 Å². The fraction of sp³-hybridized carbons (Fsp3) is 0.667.